The third-order valence-corrected chi connectivity index (χ3v) is 15.7. The second kappa shape index (κ2) is 18.2. The molecular weight excluding hydrogens is 856 g/mol. The number of thiophene rings is 1. The molecule has 6 heterocycles. The Hall–Kier alpha value is -5.91. The number of carbonyl (C=O) groups excluding carboxylic acids is 1. The van der Waals surface area contributed by atoms with E-state index in [9.17, 15) is 4.79 Å². The number of nitrogens with one attached hydrogen (secondary N) is 1. The molecule has 2 aliphatic carbocycles. The number of nitrogens with zero attached hydrogens (tertiary/aromatic N) is 9. The van der Waals surface area contributed by atoms with Gasteiger partial charge in [0.2, 0.25) is 0 Å². The van der Waals surface area contributed by atoms with E-state index < -0.39 is 0 Å². The van der Waals surface area contributed by atoms with Gasteiger partial charge in [0.25, 0.3) is 5.91 Å². The number of carbonyl (C=O) groups is 1. The summed E-state index contributed by atoms with van der Waals surface area (Å²) in [5.74, 6) is 4.28. The van der Waals surface area contributed by atoms with Crippen LogP contribution < -0.4 is 15.0 Å². The van der Waals surface area contributed by atoms with E-state index in [1.54, 1.807) is 42.0 Å². The van der Waals surface area contributed by atoms with Crippen molar-refractivity contribution >= 4 is 40.4 Å². The van der Waals surface area contributed by atoms with Crippen LogP contribution in [0.2, 0.25) is 5.02 Å². The van der Waals surface area contributed by atoms with E-state index in [1.165, 1.54) is 48.1 Å². The van der Waals surface area contributed by atoms with E-state index in [-0.39, 0.29) is 29.5 Å². The van der Waals surface area contributed by atoms with Crippen LogP contribution in [0.25, 0.3) is 5.00 Å². The monoisotopic (exact) mass is 908 g/mol. The molecular formula is C50H53ClN10O3S. The second-order valence-electron chi connectivity index (χ2n) is 18.5. The largest absolute Gasteiger partial charge is 0.490 e. The molecule has 3 fully saturated rings. The van der Waals surface area contributed by atoms with Gasteiger partial charge in [-0.2, -0.15) is 5.26 Å². The average Bonchev–Trinajstić information content (AvgIpc) is 4.11. The molecule has 15 heteroatoms. The van der Waals surface area contributed by atoms with Crippen LogP contribution >= 0.6 is 22.9 Å². The average molecular weight is 910 g/mol. The summed E-state index contributed by atoms with van der Waals surface area (Å²) in [6, 6.07) is 19.8. The van der Waals surface area contributed by atoms with Crippen LogP contribution in [0, 0.1) is 43.4 Å². The van der Waals surface area contributed by atoms with Crippen molar-refractivity contribution in [3.63, 3.8) is 0 Å². The lowest BCUT2D eigenvalue weighted by molar-refractivity contribution is 0.0888. The number of aromatic nitrogens is 6. The highest BCUT2D eigenvalue weighted by molar-refractivity contribution is 7.15. The normalized spacial score (nSPS) is 22.8. The molecule has 4 aliphatic rings. The van der Waals surface area contributed by atoms with Gasteiger partial charge in [-0.05, 0) is 138 Å². The van der Waals surface area contributed by atoms with Gasteiger partial charge in [-0.1, -0.05) is 35.9 Å². The van der Waals surface area contributed by atoms with Gasteiger partial charge in [0.05, 0.1) is 35.0 Å². The van der Waals surface area contributed by atoms with Crippen molar-refractivity contribution in [2.45, 2.75) is 116 Å². The first-order valence-electron chi connectivity index (χ1n) is 23.0. The molecule has 65 heavy (non-hydrogen) atoms. The number of rotatable bonds is 11. The molecule has 4 aromatic heterocycles. The van der Waals surface area contributed by atoms with Crippen LogP contribution in [0.4, 0.5) is 5.82 Å². The van der Waals surface area contributed by atoms with E-state index in [1.807, 2.05) is 19.1 Å². The Balaban J connectivity index is 0.731. The highest BCUT2D eigenvalue weighted by Crippen LogP contribution is 2.49. The molecule has 6 aromatic rings. The zero-order chi connectivity index (χ0) is 44.7. The fourth-order valence-corrected chi connectivity index (χ4v) is 12.1. The minimum absolute atomic E-state index is 0.0347. The Morgan fingerprint density at radius 1 is 1.02 bits per heavy atom. The number of fused-ring (bicyclic) bond motifs is 3. The van der Waals surface area contributed by atoms with Crippen molar-refractivity contribution < 1.29 is 13.9 Å². The molecule has 3 atom stereocenters. The third kappa shape index (κ3) is 8.93. The van der Waals surface area contributed by atoms with Crippen molar-refractivity contribution in [2.75, 3.05) is 18.0 Å². The number of anilines is 1. The molecule has 2 saturated carbocycles. The molecule has 1 amide bonds. The first-order valence-corrected chi connectivity index (χ1v) is 24.2. The fourth-order valence-electron chi connectivity index (χ4n) is 10.6. The minimum atomic E-state index is -0.292. The molecule has 0 radical (unpaired) electrons. The Kier molecular flexibility index (Phi) is 12.0. The lowest BCUT2D eigenvalue weighted by Crippen LogP contribution is -2.43. The highest BCUT2D eigenvalue weighted by Gasteiger charge is 2.42. The number of hydrogen-bond donors (Lipinski definition) is 1. The van der Waals surface area contributed by atoms with Gasteiger partial charge >= 0.3 is 0 Å². The molecule has 10 rings (SSSR count). The van der Waals surface area contributed by atoms with Gasteiger partial charge in [-0.25, -0.2) is 4.98 Å². The SMILES string of the molecule is Cc1sc2c(c1C)C(c1ccc(CC[C@@H]3CC[C@@]4(CCCN(c5ccc(C(=O)NC6CCC(Oc7ccc(C#N)c(Cl)c7)CC6)nn5)C4)C3)cc1)=N[C@H](Cc1ncco1)c1nnc(C)n1-2. The summed E-state index contributed by atoms with van der Waals surface area (Å²) < 4.78 is 14.0. The molecule has 0 unspecified atom stereocenters. The van der Waals surface area contributed by atoms with Gasteiger partial charge in [0.1, 0.15) is 34.9 Å². The summed E-state index contributed by atoms with van der Waals surface area (Å²) in [6.07, 6.45) is 15.4. The van der Waals surface area contributed by atoms with Crippen molar-refractivity contribution in [1.29, 1.82) is 5.26 Å². The number of aryl methyl sites for hydroxylation is 3. The van der Waals surface area contributed by atoms with Crippen molar-refractivity contribution in [3.05, 3.63) is 128 Å². The predicted octanol–water partition coefficient (Wildman–Crippen LogP) is 9.83. The number of hydrogen-bond acceptors (Lipinski definition) is 12. The summed E-state index contributed by atoms with van der Waals surface area (Å²) in [5.41, 5.74) is 6.87. The first-order chi connectivity index (χ1) is 31.6. The molecule has 1 saturated heterocycles. The van der Waals surface area contributed by atoms with Gasteiger partial charge in [-0.3, -0.25) is 14.4 Å². The molecule has 1 N–H and O–H groups in total. The fraction of sp³-hybridized carbons (Fsp3) is 0.440. The summed E-state index contributed by atoms with van der Waals surface area (Å²) in [7, 11) is 0. The van der Waals surface area contributed by atoms with E-state index in [2.05, 4.69) is 84.3 Å². The van der Waals surface area contributed by atoms with Crippen LogP contribution in [0.15, 0.2) is 76.5 Å². The van der Waals surface area contributed by atoms with E-state index in [4.69, 9.17) is 31.0 Å². The van der Waals surface area contributed by atoms with Gasteiger partial charge < -0.3 is 19.4 Å². The van der Waals surface area contributed by atoms with E-state index in [0.717, 1.165) is 90.9 Å². The minimum Gasteiger partial charge on any atom is -0.490 e. The standard InChI is InChI=1S/C50H53ClN10O3S/c1-30-31(2)65-49-45(30)46(55-42(26-44-53-22-24-63-44)47-59-56-32(3)61(47)49)35-9-7-33(8-10-35)5-6-34-19-21-50(27-34)20-4-23-60(29-50)43-18-17-41(57-58-43)48(62)54-37-12-15-38(16-13-37)64-39-14-11-36(28-52)40(51)25-39/h7-11,14,17-18,22,24-25,34,37-38,42H,4-6,12-13,15-16,19-21,23,26-27,29H2,1-3H3,(H,54,62)/t34-,37?,38?,42-,50+/m1/s1. The maximum Gasteiger partial charge on any atom is 0.272 e. The Bertz CT molecular complexity index is 2750. The zero-order valence-electron chi connectivity index (χ0n) is 37.1. The van der Waals surface area contributed by atoms with Crippen LogP contribution in [0.5, 0.6) is 5.75 Å². The smallest absolute Gasteiger partial charge is 0.272 e. The third-order valence-electron chi connectivity index (χ3n) is 14.2. The Morgan fingerprint density at radius 3 is 2.62 bits per heavy atom. The molecule has 2 aromatic carbocycles. The van der Waals surface area contributed by atoms with Crippen LogP contribution in [-0.2, 0) is 12.8 Å². The number of oxazole rings is 1. The molecule has 0 bridgehead atoms. The number of benzene rings is 2. The number of piperidine rings is 1. The van der Waals surface area contributed by atoms with Crippen molar-refractivity contribution in [1.82, 2.24) is 35.3 Å². The summed E-state index contributed by atoms with van der Waals surface area (Å²) in [5, 5.41) is 31.9. The topological polar surface area (TPSA) is 160 Å². The molecule has 334 valence electrons. The van der Waals surface area contributed by atoms with Crippen molar-refractivity contribution in [2.24, 2.45) is 16.3 Å². The quantitative estimate of drug-likeness (QED) is 0.133. The summed E-state index contributed by atoms with van der Waals surface area (Å²) in [4.78, 5) is 26.7. The molecule has 13 nitrogen and oxygen atoms in total. The number of ether oxygens (including phenoxy) is 1. The second-order valence-corrected chi connectivity index (χ2v) is 20.1. The Morgan fingerprint density at radius 2 is 1.86 bits per heavy atom. The summed E-state index contributed by atoms with van der Waals surface area (Å²) in [6.45, 7) is 8.31. The predicted molar refractivity (Wildman–Crippen MR) is 250 cm³/mol. The van der Waals surface area contributed by atoms with Gasteiger partial charge in [-0.15, -0.1) is 31.7 Å². The maximum absolute atomic E-state index is 13.2. The van der Waals surface area contributed by atoms with E-state index in [0.29, 0.717) is 40.3 Å². The van der Waals surface area contributed by atoms with Crippen molar-refractivity contribution in [3.8, 4) is 16.8 Å². The maximum atomic E-state index is 13.2. The number of nitriles is 1. The number of aliphatic imine (C=N–C) groups is 1. The van der Waals surface area contributed by atoms with Crippen LogP contribution in [-0.4, -0.2) is 66.8 Å². The lowest BCUT2D eigenvalue weighted by Gasteiger charge is -2.41. The van der Waals surface area contributed by atoms with E-state index >= 15 is 0 Å². The highest BCUT2D eigenvalue weighted by atomic mass is 35.5. The number of amides is 1. The van der Waals surface area contributed by atoms with Gasteiger partial charge in [0, 0.05) is 41.2 Å². The summed E-state index contributed by atoms with van der Waals surface area (Å²) >= 11 is 7.96. The number of halogens is 1. The van der Waals surface area contributed by atoms with Crippen LogP contribution in [0.3, 0.4) is 0 Å². The van der Waals surface area contributed by atoms with Gasteiger partial charge in [0.15, 0.2) is 23.2 Å². The first kappa shape index (κ1) is 43.0. The Labute approximate surface area is 388 Å². The van der Waals surface area contributed by atoms with Crippen LogP contribution in [0.1, 0.15) is 131 Å². The molecule has 1 spiro atoms. The lowest BCUT2D eigenvalue weighted by atomic mass is 9.77. The zero-order valence-corrected chi connectivity index (χ0v) is 38.7. The molecule has 2 aliphatic heterocycles.